The van der Waals surface area contributed by atoms with Crippen LogP contribution in [0.5, 0.6) is 0 Å². The molecule has 2 fully saturated rings. The average molecular weight is 211 g/mol. The minimum absolute atomic E-state index is 0.0880. The summed E-state index contributed by atoms with van der Waals surface area (Å²) < 4.78 is 0. The summed E-state index contributed by atoms with van der Waals surface area (Å²) in [6.45, 7) is 6.04. The van der Waals surface area contributed by atoms with Gasteiger partial charge >= 0.3 is 6.03 Å². The van der Waals surface area contributed by atoms with Crippen molar-refractivity contribution in [2.24, 2.45) is 5.92 Å². The molecule has 0 saturated carbocycles. The van der Waals surface area contributed by atoms with E-state index in [1.54, 1.807) is 0 Å². The number of hydrogen-bond donors (Lipinski definition) is 1. The predicted molar refractivity (Wildman–Crippen MR) is 55.3 cm³/mol. The molecule has 1 unspecified atom stereocenters. The largest absolute Gasteiger partial charge is 0.329 e. The van der Waals surface area contributed by atoms with Crippen molar-refractivity contribution in [1.29, 1.82) is 0 Å². The van der Waals surface area contributed by atoms with Crippen LogP contribution >= 0.6 is 0 Å². The number of urea groups is 1. The summed E-state index contributed by atoms with van der Waals surface area (Å²) in [6.07, 6.45) is 1.09. The average Bonchev–Trinajstić information content (AvgIpc) is 2.80. The van der Waals surface area contributed by atoms with Gasteiger partial charge in [0.25, 0.3) is 0 Å². The van der Waals surface area contributed by atoms with Gasteiger partial charge in [-0.3, -0.25) is 9.69 Å². The molecule has 2 rings (SSSR count). The van der Waals surface area contributed by atoms with E-state index < -0.39 is 0 Å². The lowest BCUT2D eigenvalue weighted by molar-refractivity contribution is -0.125. The van der Waals surface area contributed by atoms with Crippen LogP contribution in [0.3, 0.4) is 0 Å². The van der Waals surface area contributed by atoms with Gasteiger partial charge in [0.1, 0.15) is 0 Å². The lowest BCUT2D eigenvalue weighted by Gasteiger charge is -2.18. The Balaban J connectivity index is 1.87. The quantitative estimate of drug-likeness (QED) is 0.662. The minimum Gasteiger partial charge on any atom is -0.329 e. The predicted octanol–water partition coefficient (Wildman–Crippen LogP) is -0.120. The highest BCUT2D eigenvalue weighted by Gasteiger charge is 2.32. The topological polar surface area (TPSA) is 52.6 Å². The fourth-order valence-corrected chi connectivity index (χ4v) is 2.25. The van der Waals surface area contributed by atoms with Gasteiger partial charge in [0.05, 0.1) is 6.54 Å². The number of carbonyl (C=O) groups excluding carboxylic acids is 2. The molecule has 5 nitrogen and oxygen atoms in total. The number of hydrogen-bond acceptors (Lipinski definition) is 3. The van der Waals surface area contributed by atoms with Crippen molar-refractivity contribution in [3.05, 3.63) is 0 Å². The van der Waals surface area contributed by atoms with E-state index in [0.29, 0.717) is 12.5 Å². The van der Waals surface area contributed by atoms with Crippen molar-refractivity contribution in [3.8, 4) is 0 Å². The summed E-state index contributed by atoms with van der Waals surface area (Å²) in [6, 6.07) is -0.227. The van der Waals surface area contributed by atoms with E-state index in [4.69, 9.17) is 0 Å². The van der Waals surface area contributed by atoms with Crippen molar-refractivity contribution in [1.82, 2.24) is 15.1 Å². The first-order valence-corrected chi connectivity index (χ1v) is 5.51. The zero-order chi connectivity index (χ0) is 10.8. The Morgan fingerprint density at radius 2 is 2.27 bits per heavy atom. The molecule has 0 radical (unpaired) electrons. The van der Waals surface area contributed by atoms with E-state index in [9.17, 15) is 9.59 Å². The van der Waals surface area contributed by atoms with E-state index in [0.717, 1.165) is 26.1 Å². The third kappa shape index (κ3) is 2.12. The van der Waals surface area contributed by atoms with Gasteiger partial charge in [0, 0.05) is 13.1 Å². The second kappa shape index (κ2) is 4.18. The monoisotopic (exact) mass is 211 g/mol. The van der Waals surface area contributed by atoms with Gasteiger partial charge in [0.2, 0.25) is 5.91 Å². The SMILES string of the molecule is CCN1CCC(CN2C(=O)CNC2=O)C1. The molecule has 0 aromatic rings. The van der Waals surface area contributed by atoms with Gasteiger partial charge in [-0.05, 0) is 25.4 Å². The Bertz CT molecular complexity index is 264. The Hall–Kier alpha value is -1.10. The van der Waals surface area contributed by atoms with E-state index in [1.807, 2.05) is 0 Å². The van der Waals surface area contributed by atoms with Crippen molar-refractivity contribution < 1.29 is 9.59 Å². The minimum atomic E-state index is -0.227. The summed E-state index contributed by atoms with van der Waals surface area (Å²) >= 11 is 0. The number of nitrogens with zero attached hydrogens (tertiary/aromatic N) is 2. The van der Waals surface area contributed by atoms with Crippen molar-refractivity contribution in [2.45, 2.75) is 13.3 Å². The van der Waals surface area contributed by atoms with Crippen LogP contribution in [0.25, 0.3) is 0 Å². The fourth-order valence-electron chi connectivity index (χ4n) is 2.25. The highest BCUT2D eigenvalue weighted by atomic mass is 16.2. The van der Waals surface area contributed by atoms with Gasteiger partial charge in [-0.1, -0.05) is 6.92 Å². The molecule has 15 heavy (non-hydrogen) atoms. The van der Waals surface area contributed by atoms with Crippen LogP contribution in [-0.2, 0) is 4.79 Å². The molecule has 84 valence electrons. The van der Waals surface area contributed by atoms with Gasteiger partial charge in [-0.25, -0.2) is 4.79 Å². The van der Waals surface area contributed by atoms with Crippen LogP contribution in [0, 0.1) is 5.92 Å². The highest BCUT2D eigenvalue weighted by Crippen LogP contribution is 2.17. The van der Waals surface area contributed by atoms with Crippen LogP contribution in [-0.4, -0.2) is 54.5 Å². The summed E-state index contributed by atoms with van der Waals surface area (Å²) in [5.74, 6) is 0.368. The molecule has 2 aliphatic rings. The van der Waals surface area contributed by atoms with E-state index in [2.05, 4.69) is 17.1 Å². The maximum Gasteiger partial charge on any atom is 0.324 e. The summed E-state index contributed by atoms with van der Waals surface area (Å²) in [5, 5.41) is 2.54. The molecule has 0 aliphatic carbocycles. The first kappa shape index (κ1) is 10.4. The number of rotatable bonds is 3. The number of likely N-dealkylation sites (tertiary alicyclic amines) is 1. The Labute approximate surface area is 89.4 Å². The third-order valence-corrected chi connectivity index (χ3v) is 3.20. The van der Waals surface area contributed by atoms with Crippen molar-refractivity contribution in [2.75, 3.05) is 32.7 Å². The molecule has 0 bridgehead atoms. The van der Waals surface area contributed by atoms with Crippen LogP contribution < -0.4 is 5.32 Å². The smallest absolute Gasteiger partial charge is 0.324 e. The standard InChI is InChI=1S/C10H17N3O2/c1-2-12-4-3-8(6-12)7-13-9(14)5-11-10(13)15/h8H,2-7H2,1H3,(H,11,15). The zero-order valence-corrected chi connectivity index (χ0v) is 9.03. The van der Waals surface area contributed by atoms with Crippen LogP contribution in [0.1, 0.15) is 13.3 Å². The van der Waals surface area contributed by atoms with E-state index >= 15 is 0 Å². The molecule has 2 heterocycles. The molecule has 3 amide bonds. The molecule has 1 N–H and O–H groups in total. The van der Waals surface area contributed by atoms with Gasteiger partial charge < -0.3 is 10.2 Å². The van der Waals surface area contributed by atoms with Gasteiger partial charge in [0.15, 0.2) is 0 Å². The number of amides is 3. The number of carbonyl (C=O) groups is 2. The van der Waals surface area contributed by atoms with Crippen LogP contribution in [0.2, 0.25) is 0 Å². The van der Waals surface area contributed by atoms with E-state index in [-0.39, 0.29) is 18.5 Å². The summed E-state index contributed by atoms with van der Waals surface area (Å²) in [7, 11) is 0. The molecule has 1 atom stereocenters. The second-order valence-corrected chi connectivity index (χ2v) is 4.21. The maximum atomic E-state index is 11.4. The Kier molecular flexibility index (Phi) is 2.90. The molecule has 2 saturated heterocycles. The Morgan fingerprint density at radius 1 is 1.47 bits per heavy atom. The second-order valence-electron chi connectivity index (χ2n) is 4.21. The van der Waals surface area contributed by atoms with Gasteiger partial charge in [-0.2, -0.15) is 0 Å². The Morgan fingerprint density at radius 3 is 2.80 bits per heavy atom. The molecule has 2 aliphatic heterocycles. The maximum absolute atomic E-state index is 11.4. The normalized spacial score (nSPS) is 27.5. The van der Waals surface area contributed by atoms with Crippen LogP contribution in [0.4, 0.5) is 4.79 Å². The molecule has 0 aromatic heterocycles. The molecule has 0 aromatic carbocycles. The third-order valence-electron chi connectivity index (χ3n) is 3.20. The first-order chi connectivity index (χ1) is 7.20. The van der Waals surface area contributed by atoms with Gasteiger partial charge in [-0.15, -0.1) is 0 Å². The zero-order valence-electron chi connectivity index (χ0n) is 9.03. The summed E-state index contributed by atoms with van der Waals surface area (Å²) in [5.41, 5.74) is 0. The van der Waals surface area contributed by atoms with Crippen LogP contribution in [0.15, 0.2) is 0 Å². The van der Waals surface area contributed by atoms with E-state index in [1.165, 1.54) is 4.90 Å². The molecule has 5 heteroatoms. The molecule has 0 spiro atoms. The number of nitrogens with one attached hydrogen (secondary N) is 1. The molecular formula is C10H17N3O2. The lowest BCUT2D eigenvalue weighted by Crippen LogP contribution is -2.36. The van der Waals surface area contributed by atoms with Crippen molar-refractivity contribution >= 4 is 11.9 Å². The summed E-state index contributed by atoms with van der Waals surface area (Å²) in [4.78, 5) is 26.4. The van der Waals surface area contributed by atoms with Crippen molar-refractivity contribution in [3.63, 3.8) is 0 Å². The highest BCUT2D eigenvalue weighted by molar-refractivity contribution is 6.01. The fraction of sp³-hybridized carbons (Fsp3) is 0.800. The first-order valence-electron chi connectivity index (χ1n) is 5.51. The number of imide groups is 1. The molecular weight excluding hydrogens is 194 g/mol. The lowest BCUT2D eigenvalue weighted by atomic mass is 10.1.